The molecule has 0 unspecified atom stereocenters. The highest BCUT2D eigenvalue weighted by molar-refractivity contribution is 5.94. The summed E-state index contributed by atoms with van der Waals surface area (Å²) in [4.78, 5) is 23.9. The highest BCUT2D eigenvalue weighted by Gasteiger charge is 2.29. The van der Waals surface area contributed by atoms with Gasteiger partial charge in [-0.05, 0) is 26.1 Å². The normalized spacial score (nSPS) is 12.5. The van der Waals surface area contributed by atoms with Gasteiger partial charge in [-0.3, -0.25) is 9.78 Å². The van der Waals surface area contributed by atoms with Gasteiger partial charge in [0, 0.05) is 29.5 Å². The number of nitrogens with zero attached hydrogens (tertiary/aromatic N) is 3. The molecule has 0 aromatic carbocycles. The van der Waals surface area contributed by atoms with E-state index >= 15 is 0 Å². The molecule has 0 aliphatic carbocycles. The van der Waals surface area contributed by atoms with Crippen molar-refractivity contribution in [2.45, 2.75) is 26.4 Å². The minimum absolute atomic E-state index is 0.0696. The maximum absolute atomic E-state index is 13.3. The van der Waals surface area contributed by atoms with Crippen LogP contribution in [0.3, 0.4) is 0 Å². The average molecular weight is 422 g/mol. The number of nitrogens with one attached hydrogen (secondary N) is 1. The third-order valence-electron chi connectivity index (χ3n) is 3.71. The minimum atomic E-state index is -4.50. The van der Waals surface area contributed by atoms with Crippen LogP contribution in [0, 0.1) is 5.82 Å². The van der Waals surface area contributed by atoms with E-state index in [0.29, 0.717) is 12.1 Å². The van der Waals surface area contributed by atoms with Crippen LogP contribution in [0.4, 0.5) is 17.6 Å². The van der Waals surface area contributed by atoms with Crippen molar-refractivity contribution in [3.8, 4) is 11.5 Å². The van der Waals surface area contributed by atoms with Crippen molar-refractivity contribution in [2.75, 3.05) is 0 Å². The van der Waals surface area contributed by atoms with E-state index in [9.17, 15) is 22.4 Å². The molecule has 0 radical (unpaired) electrons. The van der Waals surface area contributed by atoms with Crippen molar-refractivity contribution in [3.05, 3.63) is 71.3 Å². The van der Waals surface area contributed by atoms with Crippen LogP contribution in [0.5, 0.6) is 11.5 Å². The van der Waals surface area contributed by atoms with Gasteiger partial charge in [-0.25, -0.2) is 14.4 Å². The highest BCUT2D eigenvalue weighted by Crippen LogP contribution is 2.25. The quantitative estimate of drug-likeness (QED) is 0.397. The molecule has 0 atom stereocenters. The fourth-order valence-electron chi connectivity index (χ4n) is 2.11. The summed E-state index contributed by atoms with van der Waals surface area (Å²) in [7, 11) is 0. The number of rotatable bonds is 7. The molecule has 2 aromatic rings. The Morgan fingerprint density at radius 1 is 1.23 bits per heavy atom. The van der Waals surface area contributed by atoms with E-state index in [1.165, 1.54) is 12.3 Å². The molecule has 2 heterocycles. The Bertz CT molecular complexity index is 1000. The summed E-state index contributed by atoms with van der Waals surface area (Å²) in [6.45, 7) is 5.92. The van der Waals surface area contributed by atoms with E-state index in [0.717, 1.165) is 31.3 Å². The maximum Gasteiger partial charge on any atom is 0.412 e. The number of aryl methyl sites for hydroxylation is 1. The van der Waals surface area contributed by atoms with Gasteiger partial charge < -0.3 is 10.1 Å². The van der Waals surface area contributed by atoms with Crippen LogP contribution >= 0.6 is 0 Å². The molecule has 0 aliphatic heterocycles. The summed E-state index contributed by atoms with van der Waals surface area (Å²) >= 11 is 0. The molecule has 158 valence electrons. The van der Waals surface area contributed by atoms with Gasteiger partial charge in [0.15, 0.2) is 0 Å². The molecule has 0 fully saturated rings. The van der Waals surface area contributed by atoms with Crippen molar-refractivity contribution < 1.29 is 27.1 Å². The molecule has 0 saturated heterocycles. The Morgan fingerprint density at radius 2 is 1.97 bits per heavy atom. The first-order valence-electron chi connectivity index (χ1n) is 8.65. The molecular formula is C20H18F4N4O2. The topological polar surface area (TPSA) is 76.5 Å². The molecule has 30 heavy (non-hydrogen) atoms. The molecule has 6 nitrogen and oxygen atoms in total. The number of hydrogen-bond acceptors (Lipinski definition) is 5. The highest BCUT2D eigenvalue weighted by atomic mass is 19.4. The number of aliphatic imine (C=N–C) groups is 1. The minimum Gasteiger partial charge on any atom is -0.455 e. The summed E-state index contributed by atoms with van der Waals surface area (Å²) in [5, 5.41) is 2.33. The molecule has 0 bridgehead atoms. The van der Waals surface area contributed by atoms with Crippen molar-refractivity contribution in [2.24, 2.45) is 4.99 Å². The maximum atomic E-state index is 13.3. The molecule has 10 heteroatoms. The lowest BCUT2D eigenvalue weighted by Gasteiger charge is -2.10. The van der Waals surface area contributed by atoms with E-state index in [2.05, 4.69) is 27.0 Å². The second kappa shape index (κ2) is 9.77. The number of alkyl halides is 3. The van der Waals surface area contributed by atoms with E-state index in [-0.39, 0.29) is 23.0 Å². The fraction of sp³-hybridized carbons (Fsp3) is 0.200. The number of hydrogen-bond donors (Lipinski definition) is 1. The van der Waals surface area contributed by atoms with Gasteiger partial charge in [0.25, 0.3) is 5.91 Å². The number of halogens is 4. The third-order valence-corrected chi connectivity index (χ3v) is 3.71. The summed E-state index contributed by atoms with van der Waals surface area (Å²) < 4.78 is 56.6. The first kappa shape index (κ1) is 22.7. The largest absolute Gasteiger partial charge is 0.455 e. The lowest BCUT2D eigenvalue weighted by Crippen LogP contribution is -2.23. The van der Waals surface area contributed by atoms with Gasteiger partial charge in [0.2, 0.25) is 0 Å². The Morgan fingerprint density at radius 3 is 2.57 bits per heavy atom. The zero-order chi connectivity index (χ0) is 22.3. The van der Waals surface area contributed by atoms with Gasteiger partial charge in [-0.1, -0.05) is 13.0 Å². The van der Waals surface area contributed by atoms with Crippen molar-refractivity contribution >= 4 is 12.6 Å². The van der Waals surface area contributed by atoms with Crippen LogP contribution in [0.2, 0.25) is 0 Å². The molecule has 1 amide bonds. The number of aromatic nitrogens is 2. The van der Waals surface area contributed by atoms with Gasteiger partial charge in [-0.15, -0.1) is 0 Å². The molecule has 1 N–H and O–H groups in total. The molecule has 2 aromatic heterocycles. The van der Waals surface area contributed by atoms with Crippen LogP contribution in [0.15, 0.2) is 59.1 Å². The zero-order valence-corrected chi connectivity index (χ0v) is 16.1. The Kier molecular flexibility index (Phi) is 7.40. The zero-order valence-electron chi connectivity index (χ0n) is 16.1. The SMILES string of the molecule is C=N/C(=C\C=C(/C)C(F)(F)F)NC(=O)c1cc(Oc2cncc(F)c2)cc(CC)n1. The monoisotopic (exact) mass is 422 g/mol. The Balaban J connectivity index is 2.26. The molecule has 0 aliphatic rings. The molecule has 0 spiro atoms. The van der Waals surface area contributed by atoms with Crippen LogP contribution < -0.4 is 10.1 Å². The van der Waals surface area contributed by atoms with Crippen LogP contribution in [-0.4, -0.2) is 28.8 Å². The van der Waals surface area contributed by atoms with Crippen LogP contribution in [0.25, 0.3) is 0 Å². The van der Waals surface area contributed by atoms with Crippen LogP contribution in [-0.2, 0) is 6.42 Å². The smallest absolute Gasteiger partial charge is 0.412 e. The van der Waals surface area contributed by atoms with Crippen LogP contribution in [0.1, 0.15) is 30.0 Å². The number of allylic oxidation sites excluding steroid dienone is 3. The summed E-state index contributed by atoms with van der Waals surface area (Å²) in [6, 6.07) is 3.99. The predicted molar refractivity (Wildman–Crippen MR) is 103 cm³/mol. The first-order chi connectivity index (χ1) is 14.1. The lowest BCUT2D eigenvalue weighted by molar-refractivity contribution is -0.0913. The van der Waals surface area contributed by atoms with E-state index in [1.807, 2.05) is 0 Å². The summed E-state index contributed by atoms with van der Waals surface area (Å²) in [5.41, 5.74) is -0.435. The second-order valence-corrected chi connectivity index (χ2v) is 5.99. The first-order valence-corrected chi connectivity index (χ1v) is 8.65. The molecule has 0 saturated carbocycles. The van der Waals surface area contributed by atoms with Crippen molar-refractivity contribution in [1.29, 1.82) is 0 Å². The molecule has 2 rings (SSSR count). The second-order valence-electron chi connectivity index (χ2n) is 5.99. The van der Waals surface area contributed by atoms with Gasteiger partial charge in [0.1, 0.15) is 28.8 Å². The van der Waals surface area contributed by atoms with E-state index < -0.39 is 23.5 Å². The lowest BCUT2D eigenvalue weighted by atomic mass is 10.2. The average Bonchev–Trinajstić information content (AvgIpc) is 2.69. The fourth-order valence-corrected chi connectivity index (χ4v) is 2.11. The number of pyridine rings is 2. The van der Waals surface area contributed by atoms with E-state index in [1.54, 1.807) is 13.0 Å². The predicted octanol–water partition coefficient (Wildman–Crippen LogP) is 4.75. The number of amides is 1. The molecular weight excluding hydrogens is 404 g/mol. The standard InChI is InChI=1S/C20H18F4N4O2/c1-4-14-8-15(30-16-7-13(21)10-26-11-16)9-17(27-14)19(29)28-18(25-3)6-5-12(2)20(22,23)24/h5-11H,3-4H2,1-2H3,(H,28,29)/b12-5+,18-6+. The summed E-state index contributed by atoms with van der Waals surface area (Å²) in [5.74, 6) is -1.18. The van der Waals surface area contributed by atoms with Crippen molar-refractivity contribution in [1.82, 2.24) is 15.3 Å². The van der Waals surface area contributed by atoms with Gasteiger partial charge >= 0.3 is 6.18 Å². The Labute approximate surface area is 170 Å². The number of carbonyl (C=O) groups excluding carboxylic acids is 1. The van der Waals surface area contributed by atoms with E-state index in [4.69, 9.17) is 4.74 Å². The number of carbonyl (C=O) groups is 1. The van der Waals surface area contributed by atoms with Crippen molar-refractivity contribution in [3.63, 3.8) is 0 Å². The van der Waals surface area contributed by atoms with Gasteiger partial charge in [0.05, 0.1) is 12.4 Å². The van der Waals surface area contributed by atoms with Gasteiger partial charge in [-0.2, -0.15) is 13.2 Å². The summed E-state index contributed by atoms with van der Waals surface area (Å²) in [6.07, 6.45) is 0.0308. The number of ether oxygens (including phenoxy) is 1. The third kappa shape index (κ3) is 6.50. The Hall–Kier alpha value is -3.56.